The maximum absolute atomic E-state index is 12.9. The van der Waals surface area contributed by atoms with Crippen molar-refractivity contribution in [1.29, 1.82) is 0 Å². The predicted molar refractivity (Wildman–Crippen MR) is 64.0 cm³/mol. The average Bonchev–Trinajstić information content (AvgIpc) is 2.37. The summed E-state index contributed by atoms with van der Waals surface area (Å²) in [5, 5.41) is 9.03. The van der Waals surface area contributed by atoms with Crippen LogP contribution in [-0.4, -0.2) is 17.8 Å². The number of aliphatic hydroxyl groups excluding tert-OH is 1. The smallest absolute Gasteiger partial charge is 0.123 e. The molecular weight excluding hydrogens is 219 g/mol. The third-order valence-electron chi connectivity index (χ3n) is 3.43. The zero-order valence-corrected chi connectivity index (χ0v) is 9.94. The summed E-state index contributed by atoms with van der Waals surface area (Å²) < 4.78 is 18.7. The second-order valence-electron chi connectivity index (χ2n) is 4.77. The minimum Gasteiger partial charge on any atom is -0.396 e. The highest BCUT2D eigenvalue weighted by molar-refractivity contribution is 5.15. The van der Waals surface area contributed by atoms with E-state index in [9.17, 15) is 4.39 Å². The Kier molecular flexibility index (Phi) is 4.51. The molecule has 0 heterocycles. The highest BCUT2D eigenvalue weighted by atomic mass is 19.1. The van der Waals surface area contributed by atoms with Crippen LogP contribution in [0.25, 0.3) is 0 Å². The van der Waals surface area contributed by atoms with Crippen LogP contribution in [0.15, 0.2) is 24.3 Å². The Morgan fingerprint density at radius 2 is 2.00 bits per heavy atom. The first kappa shape index (κ1) is 12.5. The van der Waals surface area contributed by atoms with E-state index in [1.165, 1.54) is 12.1 Å². The maximum Gasteiger partial charge on any atom is 0.123 e. The van der Waals surface area contributed by atoms with E-state index in [1.54, 1.807) is 6.07 Å². The molecule has 1 aromatic rings. The third-order valence-corrected chi connectivity index (χ3v) is 3.43. The van der Waals surface area contributed by atoms with E-state index in [0.29, 0.717) is 12.5 Å². The topological polar surface area (TPSA) is 29.5 Å². The van der Waals surface area contributed by atoms with Gasteiger partial charge < -0.3 is 9.84 Å². The van der Waals surface area contributed by atoms with E-state index in [1.807, 2.05) is 6.07 Å². The van der Waals surface area contributed by atoms with E-state index in [2.05, 4.69) is 0 Å². The first-order valence-electron chi connectivity index (χ1n) is 6.25. The predicted octanol–water partition coefficient (Wildman–Crippen LogP) is 2.89. The SMILES string of the molecule is OCC1CCC(OCc2cccc(F)c2)CC1. The molecule has 17 heavy (non-hydrogen) atoms. The van der Waals surface area contributed by atoms with Crippen LogP contribution in [-0.2, 0) is 11.3 Å². The standard InChI is InChI=1S/C14H19FO2/c15-13-3-1-2-12(8-13)10-17-14-6-4-11(9-16)5-7-14/h1-3,8,11,14,16H,4-7,9-10H2. The van der Waals surface area contributed by atoms with Gasteiger partial charge in [0, 0.05) is 6.61 Å². The Labute approximate surface area is 101 Å². The van der Waals surface area contributed by atoms with Crippen LogP contribution >= 0.6 is 0 Å². The van der Waals surface area contributed by atoms with E-state index >= 15 is 0 Å². The molecule has 1 aromatic carbocycles. The Balaban J connectivity index is 1.76. The van der Waals surface area contributed by atoms with Crippen LogP contribution in [0.1, 0.15) is 31.2 Å². The number of aliphatic hydroxyl groups is 1. The summed E-state index contributed by atoms with van der Waals surface area (Å²) in [4.78, 5) is 0. The van der Waals surface area contributed by atoms with Crippen molar-refractivity contribution in [2.45, 2.75) is 38.4 Å². The molecule has 1 fully saturated rings. The number of halogens is 1. The summed E-state index contributed by atoms with van der Waals surface area (Å²) in [6.07, 6.45) is 4.33. The highest BCUT2D eigenvalue weighted by Crippen LogP contribution is 2.26. The third kappa shape index (κ3) is 3.79. The van der Waals surface area contributed by atoms with Gasteiger partial charge in [-0.05, 0) is 49.3 Å². The molecule has 0 unspecified atom stereocenters. The molecule has 0 aromatic heterocycles. The van der Waals surface area contributed by atoms with Crippen LogP contribution in [0.2, 0.25) is 0 Å². The summed E-state index contributed by atoms with van der Waals surface area (Å²) in [6, 6.07) is 6.54. The van der Waals surface area contributed by atoms with Gasteiger partial charge in [-0.15, -0.1) is 0 Å². The molecule has 0 aliphatic heterocycles. The van der Waals surface area contributed by atoms with Gasteiger partial charge in [-0.25, -0.2) is 4.39 Å². The van der Waals surface area contributed by atoms with E-state index < -0.39 is 0 Å². The summed E-state index contributed by atoms with van der Waals surface area (Å²) in [5.74, 6) is 0.235. The summed E-state index contributed by atoms with van der Waals surface area (Å²) >= 11 is 0. The molecule has 0 radical (unpaired) electrons. The molecule has 2 rings (SSSR count). The van der Waals surface area contributed by atoms with Gasteiger partial charge in [0.15, 0.2) is 0 Å². The van der Waals surface area contributed by atoms with Gasteiger partial charge in [-0.3, -0.25) is 0 Å². The molecule has 0 bridgehead atoms. The van der Waals surface area contributed by atoms with Gasteiger partial charge in [0.25, 0.3) is 0 Å². The molecule has 0 atom stereocenters. The Hall–Kier alpha value is -0.930. The number of hydrogen-bond acceptors (Lipinski definition) is 2. The average molecular weight is 238 g/mol. The lowest BCUT2D eigenvalue weighted by Crippen LogP contribution is -2.23. The first-order valence-corrected chi connectivity index (χ1v) is 6.25. The number of ether oxygens (including phenoxy) is 1. The molecule has 1 aliphatic carbocycles. The number of hydrogen-bond donors (Lipinski definition) is 1. The zero-order valence-electron chi connectivity index (χ0n) is 9.94. The summed E-state index contributed by atoms with van der Waals surface area (Å²) in [5.41, 5.74) is 0.884. The van der Waals surface area contributed by atoms with E-state index in [0.717, 1.165) is 31.2 Å². The quantitative estimate of drug-likeness (QED) is 0.874. The Morgan fingerprint density at radius 3 is 2.65 bits per heavy atom. The second-order valence-corrected chi connectivity index (χ2v) is 4.77. The highest BCUT2D eigenvalue weighted by Gasteiger charge is 2.20. The van der Waals surface area contributed by atoms with Gasteiger partial charge in [0.2, 0.25) is 0 Å². The van der Waals surface area contributed by atoms with Crippen molar-refractivity contribution in [2.75, 3.05) is 6.61 Å². The minimum atomic E-state index is -0.213. The first-order chi connectivity index (χ1) is 8.28. The van der Waals surface area contributed by atoms with Crippen molar-refractivity contribution in [2.24, 2.45) is 5.92 Å². The molecule has 1 N–H and O–H groups in total. The number of rotatable bonds is 4. The fraction of sp³-hybridized carbons (Fsp3) is 0.571. The Bertz CT molecular complexity index is 346. The molecular formula is C14H19FO2. The number of benzene rings is 1. The molecule has 0 spiro atoms. The van der Waals surface area contributed by atoms with Gasteiger partial charge in [-0.1, -0.05) is 12.1 Å². The van der Waals surface area contributed by atoms with Crippen molar-refractivity contribution in [1.82, 2.24) is 0 Å². The summed E-state index contributed by atoms with van der Waals surface area (Å²) in [6.45, 7) is 0.767. The van der Waals surface area contributed by atoms with Gasteiger partial charge in [-0.2, -0.15) is 0 Å². The van der Waals surface area contributed by atoms with Gasteiger partial charge in [0.05, 0.1) is 12.7 Å². The molecule has 0 amide bonds. The fourth-order valence-electron chi connectivity index (χ4n) is 2.32. The molecule has 94 valence electrons. The van der Waals surface area contributed by atoms with E-state index in [4.69, 9.17) is 9.84 Å². The molecule has 1 saturated carbocycles. The van der Waals surface area contributed by atoms with Crippen LogP contribution in [0, 0.1) is 11.7 Å². The van der Waals surface area contributed by atoms with Crippen LogP contribution < -0.4 is 0 Å². The lowest BCUT2D eigenvalue weighted by Gasteiger charge is -2.27. The zero-order chi connectivity index (χ0) is 12.1. The second kappa shape index (κ2) is 6.12. The maximum atomic E-state index is 12.9. The monoisotopic (exact) mass is 238 g/mol. The largest absolute Gasteiger partial charge is 0.396 e. The van der Waals surface area contributed by atoms with Crippen LogP contribution in [0.3, 0.4) is 0 Å². The normalized spacial score (nSPS) is 24.8. The van der Waals surface area contributed by atoms with Crippen molar-refractivity contribution in [3.05, 3.63) is 35.6 Å². The van der Waals surface area contributed by atoms with Gasteiger partial charge >= 0.3 is 0 Å². The molecule has 1 aliphatic rings. The van der Waals surface area contributed by atoms with E-state index in [-0.39, 0.29) is 18.5 Å². The van der Waals surface area contributed by atoms with Crippen molar-refractivity contribution in [3.63, 3.8) is 0 Å². The summed E-state index contributed by atoms with van der Waals surface area (Å²) in [7, 11) is 0. The Morgan fingerprint density at radius 1 is 1.24 bits per heavy atom. The molecule has 2 nitrogen and oxygen atoms in total. The van der Waals surface area contributed by atoms with Crippen molar-refractivity contribution >= 4 is 0 Å². The van der Waals surface area contributed by atoms with Crippen molar-refractivity contribution < 1.29 is 14.2 Å². The van der Waals surface area contributed by atoms with Crippen LogP contribution in [0.5, 0.6) is 0 Å². The fourth-order valence-corrected chi connectivity index (χ4v) is 2.32. The van der Waals surface area contributed by atoms with Crippen LogP contribution in [0.4, 0.5) is 4.39 Å². The minimum absolute atomic E-state index is 0.213. The lowest BCUT2D eigenvalue weighted by molar-refractivity contribution is 0.00112. The molecule has 0 saturated heterocycles. The van der Waals surface area contributed by atoms with Crippen molar-refractivity contribution in [3.8, 4) is 0 Å². The van der Waals surface area contributed by atoms with Gasteiger partial charge in [0.1, 0.15) is 5.82 Å². The lowest BCUT2D eigenvalue weighted by atomic mass is 9.88. The molecule has 3 heteroatoms.